The summed E-state index contributed by atoms with van der Waals surface area (Å²) >= 11 is 0. The van der Waals surface area contributed by atoms with Crippen LogP contribution in [0.4, 0.5) is 0 Å². The molecule has 0 spiro atoms. The van der Waals surface area contributed by atoms with E-state index in [4.69, 9.17) is 4.74 Å². The molecule has 1 aromatic heterocycles. The number of benzene rings is 1. The van der Waals surface area contributed by atoms with Crippen molar-refractivity contribution in [3.63, 3.8) is 0 Å². The van der Waals surface area contributed by atoms with Gasteiger partial charge in [0.05, 0.1) is 34.5 Å². The molecular formula is C45H60N2O5. The molecule has 0 saturated heterocycles. The normalized spacial score (nSPS) is 38.1. The second-order valence-electron chi connectivity index (χ2n) is 20.2. The van der Waals surface area contributed by atoms with Gasteiger partial charge in [-0.25, -0.2) is 0 Å². The van der Waals surface area contributed by atoms with Gasteiger partial charge >= 0.3 is 0 Å². The van der Waals surface area contributed by atoms with Crippen molar-refractivity contribution in [2.75, 3.05) is 0 Å². The number of hydrogen-bond donors (Lipinski definition) is 3. The number of amides is 1. The van der Waals surface area contributed by atoms with E-state index in [2.05, 4.69) is 83.1 Å². The van der Waals surface area contributed by atoms with Gasteiger partial charge in [0, 0.05) is 45.4 Å². The average molecular weight is 709 g/mol. The summed E-state index contributed by atoms with van der Waals surface area (Å²) in [5, 5.41) is 28.2. The Morgan fingerprint density at radius 3 is 2.44 bits per heavy atom. The number of aliphatic hydroxyl groups excluding tert-OH is 2. The number of carbonyl (C=O) groups excluding carboxylic acids is 2. The van der Waals surface area contributed by atoms with Crippen molar-refractivity contribution in [3.8, 4) is 0 Å². The molecule has 7 nitrogen and oxygen atoms in total. The Kier molecular flexibility index (Phi) is 7.49. The highest BCUT2D eigenvalue weighted by atomic mass is 16.5. The van der Waals surface area contributed by atoms with Crippen LogP contribution in [0.25, 0.3) is 16.5 Å². The first-order valence-electron chi connectivity index (χ1n) is 19.7. The number of Topliss-reactive ketones (excluding diaryl/α,β-unsaturated/α-hetero) is 1. The summed E-state index contributed by atoms with van der Waals surface area (Å²) in [4.78, 5) is 27.7. The second-order valence-corrected chi connectivity index (χ2v) is 20.2. The third kappa shape index (κ3) is 4.54. The van der Waals surface area contributed by atoms with Gasteiger partial charge in [-0.1, -0.05) is 45.1 Å². The van der Waals surface area contributed by atoms with E-state index in [1.807, 2.05) is 33.8 Å². The Balaban J connectivity index is 1.30. The van der Waals surface area contributed by atoms with E-state index < -0.39 is 34.9 Å². The first-order valence-corrected chi connectivity index (χ1v) is 19.7. The molecule has 4 aliphatic carbocycles. The standard InChI is InChI=1S/C45H60N2O5/c1-23(2)35-38(51)33-32-25(28-22-41(6,7)52-42(8,9)34(28)37(32)50)21-26-27-20-24-15-16-29-43(10,18-13-14-31(49)46-40(3,4)5)30(48)17-19-44(29,11)45(24,12)39(27)47(35)36(26)33/h13,18,21-22,24,29-30,34-35,37,48,50H,1,14-17,19-20H2,2-12H3,(H,46,49)/b18-13+/t24?,29-,30-,34?,35-,37+,43-,44-,45+/m0/s1. The van der Waals surface area contributed by atoms with Crippen LogP contribution in [-0.4, -0.2) is 49.3 Å². The Bertz CT molecular complexity index is 2020. The molecule has 1 aromatic carbocycles. The van der Waals surface area contributed by atoms with Crippen LogP contribution in [-0.2, 0) is 21.4 Å². The summed E-state index contributed by atoms with van der Waals surface area (Å²) in [6.45, 7) is 27.7. The summed E-state index contributed by atoms with van der Waals surface area (Å²) in [6.07, 6.45) is 9.75. The van der Waals surface area contributed by atoms with Crippen LogP contribution in [0.5, 0.6) is 0 Å². The molecule has 3 N–H and O–H groups in total. The molecule has 2 unspecified atom stereocenters. The Morgan fingerprint density at radius 1 is 1.10 bits per heavy atom. The van der Waals surface area contributed by atoms with Gasteiger partial charge in [-0.05, 0) is 134 Å². The highest BCUT2D eigenvalue weighted by Crippen LogP contribution is 2.71. The van der Waals surface area contributed by atoms with Gasteiger partial charge in [0.2, 0.25) is 5.91 Å². The minimum absolute atomic E-state index is 0.0160. The smallest absolute Gasteiger partial charge is 0.224 e. The van der Waals surface area contributed by atoms with E-state index >= 15 is 0 Å². The van der Waals surface area contributed by atoms with Crippen molar-refractivity contribution >= 4 is 28.2 Å². The zero-order chi connectivity index (χ0) is 37.9. The third-order valence-corrected chi connectivity index (χ3v) is 14.9. The molecule has 9 atom stereocenters. The lowest BCUT2D eigenvalue weighted by molar-refractivity contribution is -0.145. The minimum atomic E-state index is -0.851. The summed E-state index contributed by atoms with van der Waals surface area (Å²) in [7, 11) is 0. The quantitative estimate of drug-likeness (QED) is 0.277. The maximum absolute atomic E-state index is 14.9. The number of nitrogens with zero attached hydrogens (tertiary/aromatic N) is 1. The van der Waals surface area contributed by atoms with Crippen LogP contribution < -0.4 is 5.32 Å². The number of hydrogen-bond acceptors (Lipinski definition) is 5. The first-order chi connectivity index (χ1) is 24.0. The fourth-order valence-electron chi connectivity index (χ4n) is 13.0. The number of nitrogens with one attached hydrogen (secondary N) is 1. The minimum Gasteiger partial charge on any atom is -0.392 e. The van der Waals surface area contributed by atoms with Gasteiger partial charge < -0.3 is 24.8 Å². The highest BCUT2D eigenvalue weighted by molar-refractivity contribution is 6.18. The molecule has 8 rings (SSSR count). The fourth-order valence-corrected chi connectivity index (χ4v) is 13.0. The number of fused-ring (bicyclic) bond motifs is 11. The molecule has 7 heteroatoms. The maximum atomic E-state index is 14.9. The summed E-state index contributed by atoms with van der Waals surface area (Å²) < 4.78 is 8.90. The number of ether oxygens (including phenoxy) is 1. The van der Waals surface area contributed by atoms with E-state index in [-0.39, 0.29) is 46.3 Å². The summed E-state index contributed by atoms with van der Waals surface area (Å²) in [5.41, 5.74) is 5.51. The van der Waals surface area contributed by atoms with Crippen LogP contribution in [0.15, 0.2) is 36.4 Å². The van der Waals surface area contributed by atoms with Crippen molar-refractivity contribution < 1.29 is 24.5 Å². The van der Waals surface area contributed by atoms with E-state index in [1.165, 1.54) is 11.3 Å². The predicted octanol–water partition coefficient (Wildman–Crippen LogP) is 8.46. The number of aliphatic hydroxyl groups is 2. The van der Waals surface area contributed by atoms with Crippen molar-refractivity contribution in [2.45, 2.75) is 155 Å². The van der Waals surface area contributed by atoms with E-state index in [9.17, 15) is 19.8 Å². The van der Waals surface area contributed by atoms with Crippen molar-refractivity contribution in [2.24, 2.45) is 28.6 Å². The van der Waals surface area contributed by atoms with Gasteiger partial charge in [0.1, 0.15) is 6.04 Å². The van der Waals surface area contributed by atoms with E-state index in [0.717, 1.165) is 58.9 Å². The first kappa shape index (κ1) is 36.0. The van der Waals surface area contributed by atoms with E-state index in [0.29, 0.717) is 17.9 Å². The van der Waals surface area contributed by atoms with Crippen LogP contribution >= 0.6 is 0 Å². The van der Waals surface area contributed by atoms with Gasteiger partial charge in [0.15, 0.2) is 5.78 Å². The molecule has 280 valence electrons. The summed E-state index contributed by atoms with van der Waals surface area (Å²) in [5.74, 6) is 0.318. The maximum Gasteiger partial charge on any atom is 0.224 e. The molecule has 2 saturated carbocycles. The summed E-state index contributed by atoms with van der Waals surface area (Å²) in [6, 6.07) is 1.78. The number of allylic oxidation sites excluding steroid dienone is 1. The number of ketones is 1. The van der Waals surface area contributed by atoms with Crippen molar-refractivity contribution in [1.82, 2.24) is 9.88 Å². The van der Waals surface area contributed by atoms with E-state index in [1.54, 1.807) is 0 Å². The molecule has 2 fully saturated rings. The van der Waals surface area contributed by atoms with Crippen LogP contribution in [0.2, 0.25) is 0 Å². The Morgan fingerprint density at radius 2 is 1.79 bits per heavy atom. The lowest BCUT2D eigenvalue weighted by Gasteiger charge is -2.64. The Labute approximate surface area is 310 Å². The van der Waals surface area contributed by atoms with Gasteiger partial charge in [-0.3, -0.25) is 9.59 Å². The fraction of sp³-hybridized carbons (Fsp3) is 0.644. The topological polar surface area (TPSA) is 101 Å². The zero-order valence-electron chi connectivity index (χ0n) is 33.3. The largest absolute Gasteiger partial charge is 0.392 e. The number of rotatable bonds is 4. The monoisotopic (exact) mass is 708 g/mol. The average Bonchev–Trinajstić information content (AvgIpc) is 3.67. The molecule has 6 aliphatic rings. The van der Waals surface area contributed by atoms with Gasteiger partial charge in [0.25, 0.3) is 0 Å². The van der Waals surface area contributed by atoms with Crippen LogP contribution in [0.1, 0.15) is 153 Å². The highest BCUT2D eigenvalue weighted by Gasteiger charge is 2.67. The second kappa shape index (κ2) is 10.8. The number of carbonyl (C=O) groups is 2. The predicted molar refractivity (Wildman–Crippen MR) is 206 cm³/mol. The Hall–Kier alpha value is -3.00. The van der Waals surface area contributed by atoms with Crippen LogP contribution in [0.3, 0.4) is 0 Å². The molecule has 3 heterocycles. The molecular weight excluding hydrogens is 649 g/mol. The lowest BCUT2D eigenvalue weighted by Crippen LogP contribution is -2.62. The lowest BCUT2D eigenvalue weighted by atomic mass is 9.40. The molecule has 2 aromatic rings. The zero-order valence-corrected chi connectivity index (χ0v) is 33.3. The third-order valence-electron chi connectivity index (χ3n) is 14.9. The molecule has 0 bridgehead atoms. The van der Waals surface area contributed by atoms with Gasteiger partial charge in [-0.2, -0.15) is 0 Å². The molecule has 2 aliphatic heterocycles. The van der Waals surface area contributed by atoms with Crippen molar-refractivity contribution in [3.05, 3.63) is 64.4 Å². The number of aromatic nitrogens is 1. The van der Waals surface area contributed by atoms with Crippen molar-refractivity contribution in [1.29, 1.82) is 0 Å². The van der Waals surface area contributed by atoms with Crippen LogP contribution in [0, 0.1) is 28.6 Å². The molecule has 0 radical (unpaired) electrons. The van der Waals surface area contributed by atoms with Gasteiger partial charge in [-0.15, -0.1) is 0 Å². The molecule has 52 heavy (non-hydrogen) atoms. The molecule has 1 amide bonds. The SMILES string of the molecule is C=C(C)[C@H]1C(=O)c2c3c(cc4c5c(n1c24)[C@@]1(C)C(CC[C@H]2[C@](C)(/C=C/CC(=O)NC(C)(C)C)[C@@H](O)CC[C@@]21C)C5)C1=CC(C)(C)OC(C)(C)C1[C@@H]3O.